The molecule has 5 atom stereocenters. The first-order chi connectivity index (χ1) is 11.2. The molecular weight excluding hydrogens is 288 g/mol. The summed E-state index contributed by atoms with van der Waals surface area (Å²) in [6, 6.07) is 8.17. The van der Waals surface area contributed by atoms with Gasteiger partial charge in [-0.15, -0.1) is 0 Å². The number of fused-ring (bicyclic) bond motifs is 4. The van der Waals surface area contributed by atoms with Gasteiger partial charge in [-0.2, -0.15) is 0 Å². The molecule has 4 nitrogen and oxygen atoms in total. The lowest BCUT2D eigenvalue weighted by atomic mass is 9.64. The summed E-state index contributed by atoms with van der Waals surface area (Å²) in [5.41, 5.74) is 4.38. The number of nitrogens with zero attached hydrogens (tertiary/aromatic N) is 1. The van der Waals surface area contributed by atoms with Crippen LogP contribution in [-0.4, -0.2) is 40.0 Å². The third-order valence-electron chi connectivity index (χ3n) is 6.16. The van der Waals surface area contributed by atoms with Crippen LogP contribution in [0.1, 0.15) is 35.4 Å². The quantitative estimate of drug-likeness (QED) is 0.796. The van der Waals surface area contributed by atoms with Gasteiger partial charge in [-0.3, -0.25) is 9.69 Å². The molecule has 0 aliphatic carbocycles. The zero-order valence-corrected chi connectivity index (χ0v) is 13.1. The molecule has 23 heavy (non-hydrogen) atoms. The zero-order chi connectivity index (χ0) is 15.7. The number of aliphatic hydroxyl groups excluding tert-OH is 1. The highest BCUT2D eigenvalue weighted by atomic mass is 16.3. The summed E-state index contributed by atoms with van der Waals surface area (Å²) in [7, 11) is 0. The molecule has 4 aliphatic rings. The minimum absolute atomic E-state index is 0.0283. The normalized spacial score (nSPS) is 36.7. The Morgan fingerprint density at radius 2 is 2.22 bits per heavy atom. The molecule has 0 radical (unpaired) electrons. The fourth-order valence-electron chi connectivity index (χ4n) is 5.16. The number of piperidine rings is 3. The maximum absolute atomic E-state index is 13.3. The number of hydrogen-bond acceptors (Lipinski definition) is 3. The number of carbonyl (C=O) groups excluding carboxylic acids is 1. The summed E-state index contributed by atoms with van der Waals surface area (Å²) < 4.78 is 0. The second-order valence-electron chi connectivity index (χ2n) is 7.01. The summed E-state index contributed by atoms with van der Waals surface area (Å²) in [4.78, 5) is 19.1. The minimum Gasteiger partial charge on any atom is -0.396 e. The molecule has 4 heteroatoms. The summed E-state index contributed by atoms with van der Waals surface area (Å²) in [6.45, 7) is 3.00. The third-order valence-corrected chi connectivity index (χ3v) is 6.16. The highest BCUT2D eigenvalue weighted by molar-refractivity contribution is 6.13. The minimum atomic E-state index is -0.167. The molecule has 0 saturated carbocycles. The number of rotatable bonds is 1. The van der Waals surface area contributed by atoms with E-state index in [4.69, 9.17) is 0 Å². The van der Waals surface area contributed by atoms with E-state index < -0.39 is 0 Å². The fraction of sp³-hybridized carbons (Fsp3) is 0.421. The SMILES string of the molecule is C/C=C1/CN2[C@H]3C[C@@H]1[C@@H](CO)[C@@H]2C(=O)c1c3[nH]c2ccccc12. The molecule has 3 saturated heterocycles. The van der Waals surface area contributed by atoms with Gasteiger partial charge in [-0.1, -0.05) is 29.8 Å². The maximum Gasteiger partial charge on any atom is 0.182 e. The van der Waals surface area contributed by atoms with E-state index >= 15 is 0 Å². The van der Waals surface area contributed by atoms with Gasteiger partial charge >= 0.3 is 0 Å². The Bertz CT molecular complexity index is 850. The van der Waals surface area contributed by atoms with Gasteiger partial charge < -0.3 is 10.1 Å². The molecule has 3 fully saturated rings. The number of nitrogens with one attached hydrogen (secondary N) is 1. The van der Waals surface area contributed by atoms with Gasteiger partial charge in [0.15, 0.2) is 5.78 Å². The van der Waals surface area contributed by atoms with Gasteiger partial charge in [-0.05, 0) is 25.3 Å². The van der Waals surface area contributed by atoms with Crippen LogP contribution in [0.15, 0.2) is 35.9 Å². The molecule has 6 rings (SSSR count). The smallest absolute Gasteiger partial charge is 0.182 e. The topological polar surface area (TPSA) is 56.3 Å². The molecule has 0 spiro atoms. The van der Waals surface area contributed by atoms with Crippen LogP contribution >= 0.6 is 0 Å². The highest BCUT2D eigenvalue weighted by Gasteiger charge is 2.56. The molecule has 118 valence electrons. The Morgan fingerprint density at radius 3 is 3.00 bits per heavy atom. The van der Waals surface area contributed by atoms with Gasteiger partial charge in [-0.25, -0.2) is 0 Å². The molecule has 1 aromatic carbocycles. The Hall–Kier alpha value is -1.91. The van der Waals surface area contributed by atoms with Crippen LogP contribution in [0.5, 0.6) is 0 Å². The molecule has 5 heterocycles. The largest absolute Gasteiger partial charge is 0.396 e. The number of Topliss-reactive ketones (excluding diaryl/α,β-unsaturated/α-hetero) is 1. The number of H-pyrrole nitrogens is 1. The van der Waals surface area contributed by atoms with Gasteiger partial charge in [0.2, 0.25) is 0 Å². The van der Waals surface area contributed by atoms with Crippen molar-refractivity contribution in [2.24, 2.45) is 11.8 Å². The lowest BCUT2D eigenvalue weighted by Gasteiger charge is -2.57. The number of aromatic amines is 1. The summed E-state index contributed by atoms with van der Waals surface area (Å²) >= 11 is 0. The Labute approximate surface area is 134 Å². The summed E-state index contributed by atoms with van der Waals surface area (Å²) in [5, 5.41) is 11.0. The number of hydrogen-bond donors (Lipinski definition) is 2. The number of allylic oxidation sites excluding steroid dienone is 1. The summed E-state index contributed by atoms with van der Waals surface area (Å²) in [5.74, 6) is 0.543. The summed E-state index contributed by atoms with van der Waals surface area (Å²) in [6.07, 6.45) is 3.17. The van der Waals surface area contributed by atoms with E-state index in [0.717, 1.165) is 35.1 Å². The molecule has 1 unspecified atom stereocenters. The Morgan fingerprint density at radius 1 is 1.39 bits per heavy atom. The molecule has 2 aromatic rings. The van der Waals surface area contributed by atoms with E-state index in [0.29, 0.717) is 5.92 Å². The van der Waals surface area contributed by atoms with Gasteiger partial charge in [0, 0.05) is 41.2 Å². The number of para-hydroxylation sites is 1. The van der Waals surface area contributed by atoms with Crippen LogP contribution in [-0.2, 0) is 0 Å². The van der Waals surface area contributed by atoms with Crippen molar-refractivity contribution >= 4 is 16.7 Å². The van der Waals surface area contributed by atoms with E-state index in [-0.39, 0.29) is 30.4 Å². The van der Waals surface area contributed by atoms with Crippen LogP contribution < -0.4 is 0 Å². The second-order valence-corrected chi connectivity index (χ2v) is 7.01. The molecule has 2 N–H and O–H groups in total. The zero-order valence-electron chi connectivity index (χ0n) is 13.1. The third kappa shape index (κ3) is 1.55. The van der Waals surface area contributed by atoms with Crippen molar-refractivity contribution in [2.75, 3.05) is 13.2 Å². The maximum atomic E-state index is 13.3. The predicted molar refractivity (Wildman–Crippen MR) is 88.3 cm³/mol. The average molecular weight is 308 g/mol. The first-order valence-corrected chi connectivity index (χ1v) is 8.41. The Balaban J connectivity index is 1.75. The molecule has 4 bridgehead atoms. The van der Waals surface area contributed by atoms with E-state index in [1.807, 2.05) is 24.3 Å². The second kappa shape index (κ2) is 4.56. The molecule has 0 amide bonds. The first kappa shape index (κ1) is 13.5. The monoisotopic (exact) mass is 308 g/mol. The van der Waals surface area contributed by atoms with E-state index in [1.54, 1.807) is 0 Å². The van der Waals surface area contributed by atoms with Crippen LogP contribution in [0.2, 0.25) is 0 Å². The highest BCUT2D eigenvalue weighted by Crippen LogP contribution is 2.53. The Kier molecular flexibility index (Phi) is 2.68. The van der Waals surface area contributed by atoms with Gasteiger partial charge in [0.05, 0.1) is 12.1 Å². The molecule has 4 aliphatic heterocycles. The number of benzene rings is 1. The van der Waals surface area contributed by atoms with Crippen molar-refractivity contribution < 1.29 is 9.90 Å². The number of aliphatic hydroxyl groups is 1. The van der Waals surface area contributed by atoms with Crippen molar-refractivity contribution in [3.05, 3.63) is 47.2 Å². The average Bonchev–Trinajstić information content (AvgIpc) is 2.98. The number of aromatic nitrogens is 1. The molecule has 1 aromatic heterocycles. The van der Waals surface area contributed by atoms with E-state index in [9.17, 15) is 9.90 Å². The first-order valence-electron chi connectivity index (χ1n) is 8.41. The van der Waals surface area contributed by atoms with Gasteiger partial charge in [0.1, 0.15) is 0 Å². The van der Waals surface area contributed by atoms with E-state index in [2.05, 4.69) is 22.9 Å². The lowest BCUT2D eigenvalue weighted by Crippen LogP contribution is -2.63. The van der Waals surface area contributed by atoms with Crippen molar-refractivity contribution in [3.63, 3.8) is 0 Å². The van der Waals surface area contributed by atoms with E-state index in [1.165, 1.54) is 5.57 Å². The van der Waals surface area contributed by atoms with Crippen LogP contribution in [0, 0.1) is 11.8 Å². The lowest BCUT2D eigenvalue weighted by molar-refractivity contribution is -0.0364. The van der Waals surface area contributed by atoms with Crippen LogP contribution in [0.25, 0.3) is 10.9 Å². The number of ketones is 1. The van der Waals surface area contributed by atoms with Crippen molar-refractivity contribution in [2.45, 2.75) is 25.4 Å². The fourth-order valence-corrected chi connectivity index (χ4v) is 5.16. The van der Waals surface area contributed by atoms with Gasteiger partial charge in [0.25, 0.3) is 0 Å². The van der Waals surface area contributed by atoms with Crippen LogP contribution in [0.4, 0.5) is 0 Å². The van der Waals surface area contributed by atoms with Crippen molar-refractivity contribution in [3.8, 4) is 0 Å². The number of carbonyl (C=O) groups is 1. The van der Waals surface area contributed by atoms with Crippen molar-refractivity contribution in [1.29, 1.82) is 0 Å². The van der Waals surface area contributed by atoms with Crippen molar-refractivity contribution in [1.82, 2.24) is 9.88 Å². The van der Waals surface area contributed by atoms with Crippen LogP contribution in [0.3, 0.4) is 0 Å². The predicted octanol–water partition coefficient (Wildman–Crippen LogP) is 2.66. The molecular formula is C19H20N2O2. The standard InChI is InChI=1S/C19H20N2O2/c1-2-10-8-21-15-7-12(10)13(9-22)18(21)19(23)16-11-5-3-4-6-14(11)20-17(15)16/h2-6,12-13,15,18,20,22H,7-9H2,1H3/b10-2-/t12-,13+,15-,18+/m0/s1.